The van der Waals surface area contributed by atoms with Gasteiger partial charge in [0.2, 0.25) is 0 Å². The van der Waals surface area contributed by atoms with Crippen LogP contribution in [0.5, 0.6) is 0 Å². The molecule has 0 aromatic rings. The number of rotatable bonds is 7. The van der Waals surface area contributed by atoms with Gasteiger partial charge in [-0.2, -0.15) is 0 Å². The van der Waals surface area contributed by atoms with Gasteiger partial charge in [0.15, 0.2) is 0 Å². The number of hydrogen-bond donors (Lipinski definition) is 1. The molecule has 2 aliphatic heterocycles. The Bertz CT molecular complexity index is 305. The van der Waals surface area contributed by atoms with Gasteiger partial charge in [0.1, 0.15) is 0 Å². The number of nitrogens with zero attached hydrogens (tertiary/aromatic N) is 4. The van der Waals surface area contributed by atoms with Crippen LogP contribution in [0.1, 0.15) is 40.5 Å². The Kier molecular flexibility index (Phi) is 6.65. The molecule has 130 valence electrons. The molecule has 4 atom stereocenters. The summed E-state index contributed by atoms with van der Waals surface area (Å²) in [4.78, 5) is 7.51. The first kappa shape index (κ1) is 18.1. The lowest BCUT2D eigenvalue weighted by molar-refractivity contribution is 0.0846. The first-order valence-corrected chi connectivity index (χ1v) is 8.99. The fraction of sp³-hybridized carbons (Fsp3) is 1.00. The van der Waals surface area contributed by atoms with E-state index in [0.29, 0.717) is 12.1 Å². The van der Waals surface area contributed by atoms with Crippen LogP contribution < -0.4 is 5.43 Å². The van der Waals surface area contributed by atoms with E-state index < -0.39 is 0 Å². The molecule has 0 radical (unpaired) electrons. The molecule has 0 saturated carbocycles. The molecule has 5 heteroatoms. The van der Waals surface area contributed by atoms with E-state index in [1.807, 2.05) is 0 Å². The topological polar surface area (TPSA) is 25.0 Å². The van der Waals surface area contributed by atoms with Crippen molar-refractivity contribution in [2.45, 2.75) is 58.7 Å². The Morgan fingerprint density at radius 2 is 1.55 bits per heavy atom. The predicted molar refractivity (Wildman–Crippen MR) is 93.5 cm³/mol. The molecular weight excluding hydrogens is 274 g/mol. The summed E-state index contributed by atoms with van der Waals surface area (Å²) >= 11 is 0. The molecule has 0 aromatic heterocycles. The average molecular weight is 312 g/mol. The maximum absolute atomic E-state index is 3.56. The quantitative estimate of drug-likeness (QED) is 0.768. The predicted octanol–water partition coefficient (Wildman–Crippen LogP) is 1.48. The van der Waals surface area contributed by atoms with Crippen LogP contribution in [0.25, 0.3) is 0 Å². The van der Waals surface area contributed by atoms with Crippen molar-refractivity contribution < 1.29 is 0 Å². The summed E-state index contributed by atoms with van der Waals surface area (Å²) in [5.41, 5.74) is 3.56. The molecule has 1 N–H and O–H groups in total. The van der Waals surface area contributed by atoms with Gasteiger partial charge >= 0.3 is 0 Å². The van der Waals surface area contributed by atoms with Crippen molar-refractivity contribution in [2.24, 2.45) is 5.92 Å². The number of nitrogens with one attached hydrogen (secondary N) is 1. The number of likely N-dealkylation sites (N-methyl/N-ethyl adjacent to an activating group) is 2. The number of likely N-dealkylation sites (tertiary alicyclic amines) is 1. The highest BCUT2D eigenvalue weighted by molar-refractivity contribution is 4.80. The molecule has 0 bridgehead atoms. The summed E-state index contributed by atoms with van der Waals surface area (Å²) < 4.78 is 0. The molecule has 4 unspecified atom stereocenters. The normalized spacial score (nSPS) is 34.4. The van der Waals surface area contributed by atoms with Crippen molar-refractivity contribution in [3.63, 3.8) is 0 Å². The van der Waals surface area contributed by atoms with E-state index in [-0.39, 0.29) is 0 Å². The Labute approximate surface area is 137 Å². The van der Waals surface area contributed by atoms with E-state index in [1.54, 1.807) is 0 Å². The van der Waals surface area contributed by atoms with Gasteiger partial charge in [-0.3, -0.25) is 20.1 Å². The molecule has 22 heavy (non-hydrogen) atoms. The first-order chi connectivity index (χ1) is 10.3. The van der Waals surface area contributed by atoms with Gasteiger partial charge in [0.25, 0.3) is 0 Å². The van der Waals surface area contributed by atoms with Crippen LogP contribution in [-0.4, -0.2) is 84.9 Å². The SMILES string of the molecule is CC1CC(C)N(CN(C)CCN(C)CN2NC(C)CC2C)C1. The largest absolute Gasteiger partial charge is 0.292 e. The van der Waals surface area contributed by atoms with Gasteiger partial charge < -0.3 is 0 Å². The summed E-state index contributed by atoms with van der Waals surface area (Å²) in [5.74, 6) is 0.857. The van der Waals surface area contributed by atoms with E-state index in [9.17, 15) is 0 Å². The minimum Gasteiger partial charge on any atom is -0.292 e. The average Bonchev–Trinajstić information content (AvgIpc) is 2.89. The highest BCUT2D eigenvalue weighted by Crippen LogP contribution is 2.22. The fourth-order valence-electron chi connectivity index (χ4n) is 3.92. The Hall–Kier alpha value is -0.200. The molecular formula is C17H37N5. The Morgan fingerprint density at radius 3 is 2.05 bits per heavy atom. The van der Waals surface area contributed by atoms with E-state index >= 15 is 0 Å². The fourth-order valence-corrected chi connectivity index (χ4v) is 3.92. The molecule has 5 nitrogen and oxygen atoms in total. The minimum absolute atomic E-state index is 0.615. The lowest BCUT2D eigenvalue weighted by Gasteiger charge is -2.31. The third-order valence-electron chi connectivity index (χ3n) is 5.21. The maximum atomic E-state index is 3.56. The van der Waals surface area contributed by atoms with Crippen LogP contribution in [0.3, 0.4) is 0 Å². The lowest BCUT2D eigenvalue weighted by atomic mass is 10.1. The molecule has 0 aromatic carbocycles. The van der Waals surface area contributed by atoms with Gasteiger partial charge in [-0.15, -0.1) is 0 Å². The number of hydrazine groups is 1. The van der Waals surface area contributed by atoms with E-state index in [1.165, 1.54) is 19.4 Å². The van der Waals surface area contributed by atoms with Crippen molar-refractivity contribution in [1.29, 1.82) is 0 Å². The summed E-state index contributed by atoms with van der Waals surface area (Å²) in [6.45, 7) is 14.9. The van der Waals surface area contributed by atoms with Crippen molar-refractivity contribution in [2.75, 3.05) is 47.1 Å². The minimum atomic E-state index is 0.615. The van der Waals surface area contributed by atoms with Crippen molar-refractivity contribution in [3.8, 4) is 0 Å². The van der Waals surface area contributed by atoms with Crippen molar-refractivity contribution in [1.82, 2.24) is 25.1 Å². The summed E-state index contributed by atoms with van der Waals surface area (Å²) in [6.07, 6.45) is 2.60. The maximum Gasteiger partial charge on any atom is 0.0647 e. The summed E-state index contributed by atoms with van der Waals surface area (Å²) in [7, 11) is 4.48. The van der Waals surface area contributed by atoms with Crippen LogP contribution in [0.4, 0.5) is 0 Å². The first-order valence-electron chi connectivity index (χ1n) is 8.99. The van der Waals surface area contributed by atoms with Gasteiger partial charge in [-0.25, -0.2) is 5.01 Å². The zero-order valence-corrected chi connectivity index (χ0v) is 15.5. The third kappa shape index (κ3) is 5.17. The molecule has 0 spiro atoms. The smallest absolute Gasteiger partial charge is 0.0647 e. The molecule has 2 heterocycles. The second kappa shape index (κ2) is 8.06. The van der Waals surface area contributed by atoms with Gasteiger partial charge in [0.05, 0.1) is 13.3 Å². The van der Waals surface area contributed by atoms with Gasteiger partial charge in [-0.1, -0.05) is 6.92 Å². The van der Waals surface area contributed by atoms with E-state index in [2.05, 4.69) is 66.9 Å². The van der Waals surface area contributed by atoms with Gasteiger partial charge in [0, 0.05) is 37.8 Å². The Balaban J connectivity index is 1.64. The summed E-state index contributed by atoms with van der Waals surface area (Å²) in [5, 5.41) is 2.38. The molecule has 2 rings (SSSR count). The Morgan fingerprint density at radius 1 is 0.909 bits per heavy atom. The van der Waals surface area contributed by atoms with Crippen molar-refractivity contribution >= 4 is 0 Å². The molecule has 2 saturated heterocycles. The van der Waals surface area contributed by atoms with Crippen LogP contribution >= 0.6 is 0 Å². The highest BCUT2D eigenvalue weighted by Gasteiger charge is 2.27. The van der Waals surface area contributed by atoms with E-state index in [4.69, 9.17) is 0 Å². The zero-order chi connectivity index (χ0) is 16.3. The summed E-state index contributed by atoms with van der Waals surface area (Å²) in [6, 6.07) is 2.00. The second-order valence-electron chi connectivity index (χ2n) is 7.99. The number of hydrogen-bond acceptors (Lipinski definition) is 5. The van der Waals surface area contributed by atoms with Crippen LogP contribution in [0, 0.1) is 5.92 Å². The van der Waals surface area contributed by atoms with Gasteiger partial charge in [-0.05, 0) is 53.6 Å². The van der Waals surface area contributed by atoms with Crippen LogP contribution in [-0.2, 0) is 0 Å². The lowest BCUT2D eigenvalue weighted by Crippen LogP contribution is -2.47. The molecule has 0 amide bonds. The van der Waals surface area contributed by atoms with E-state index in [0.717, 1.165) is 38.4 Å². The van der Waals surface area contributed by atoms with Crippen LogP contribution in [0.15, 0.2) is 0 Å². The zero-order valence-electron chi connectivity index (χ0n) is 15.5. The highest BCUT2D eigenvalue weighted by atomic mass is 15.6. The molecule has 0 aliphatic carbocycles. The van der Waals surface area contributed by atoms with Crippen LogP contribution in [0.2, 0.25) is 0 Å². The van der Waals surface area contributed by atoms with Crippen molar-refractivity contribution in [3.05, 3.63) is 0 Å². The second-order valence-corrected chi connectivity index (χ2v) is 7.99. The third-order valence-corrected chi connectivity index (χ3v) is 5.21. The molecule has 2 aliphatic rings. The standard InChI is InChI=1S/C17H37N5/c1-14-9-16(3)21(11-14)12-19(5)7-8-20(6)13-22-17(4)10-15(2)18-22/h14-18H,7-13H2,1-6H3. The monoisotopic (exact) mass is 311 g/mol. The molecule has 2 fully saturated rings.